The summed E-state index contributed by atoms with van der Waals surface area (Å²) >= 11 is 0. The molecule has 0 aliphatic heterocycles. The fourth-order valence-corrected chi connectivity index (χ4v) is 0.773. The summed E-state index contributed by atoms with van der Waals surface area (Å²) in [6.45, 7) is 1.16. The molecular weight excluding hydrogens is 144 g/mol. The molecule has 0 saturated heterocycles. The Morgan fingerprint density at radius 3 is 2.36 bits per heavy atom. The highest BCUT2D eigenvalue weighted by Gasteiger charge is 1.92. The van der Waals surface area contributed by atoms with E-state index in [-0.39, 0.29) is 0 Å². The van der Waals surface area contributed by atoms with E-state index in [2.05, 4.69) is 4.74 Å². The zero-order chi connectivity index (χ0) is 8.53. The maximum atomic E-state index is 10.1. The van der Waals surface area contributed by atoms with Crippen molar-refractivity contribution in [2.75, 3.05) is 13.2 Å². The molecule has 0 aromatic carbocycles. The summed E-state index contributed by atoms with van der Waals surface area (Å²) in [5.41, 5.74) is 10.0. The van der Waals surface area contributed by atoms with Crippen molar-refractivity contribution in [3.05, 3.63) is 0 Å². The van der Waals surface area contributed by atoms with Crippen LogP contribution in [0.1, 0.15) is 25.7 Å². The Balaban J connectivity index is 2.85. The van der Waals surface area contributed by atoms with Crippen LogP contribution in [-0.4, -0.2) is 19.2 Å². The number of rotatable bonds is 6. The molecular formula is C7H16N2O2. The minimum atomic E-state index is -0.691. The van der Waals surface area contributed by atoms with Gasteiger partial charge in [-0.3, -0.25) is 0 Å². The number of hydrogen-bond donors (Lipinski definition) is 2. The number of amides is 1. The third-order valence-electron chi connectivity index (χ3n) is 1.34. The number of ether oxygens (including phenoxy) is 1. The van der Waals surface area contributed by atoms with E-state index in [9.17, 15) is 4.79 Å². The van der Waals surface area contributed by atoms with Crippen LogP contribution in [0.4, 0.5) is 4.79 Å². The summed E-state index contributed by atoms with van der Waals surface area (Å²) in [6, 6.07) is 0. The van der Waals surface area contributed by atoms with E-state index in [1.165, 1.54) is 0 Å². The van der Waals surface area contributed by atoms with Gasteiger partial charge in [-0.2, -0.15) is 0 Å². The van der Waals surface area contributed by atoms with Crippen molar-refractivity contribution in [3.8, 4) is 0 Å². The predicted octanol–water partition coefficient (Wildman–Crippen LogP) is 0.601. The molecule has 0 unspecified atom stereocenters. The van der Waals surface area contributed by atoms with Gasteiger partial charge in [0.1, 0.15) is 0 Å². The van der Waals surface area contributed by atoms with Gasteiger partial charge in [-0.1, -0.05) is 12.8 Å². The molecule has 0 radical (unpaired) electrons. The lowest BCUT2D eigenvalue weighted by Gasteiger charge is -2.00. The molecule has 4 nitrogen and oxygen atoms in total. The lowest BCUT2D eigenvalue weighted by Crippen LogP contribution is -2.13. The average molecular weight is 160 g/mol. The molecule has 0 saturated carbocycles. The minimum Gasteiger partial charge on any atom is -0.450 e. The number of unbranched alkanes of at least 4 members (excludes halogenated alkanes) is 3. The predicted molar refractivity (Wildman–Crippen MR) is 43.1 cm³/mol. The summed E-state index contributed by atoms with van der Waals surface area (Å²) in [4.78, 5) is 10.1. The first-order chi connectivity index (χ1) is 5.27. The molecule has 0 aromatic rings. The molecule has 0 atom stereocenters. The maximum Gasteiger partial charge on any atom is 0.404 e. The molecule has 1 amide bonds. The largest absolute Gasteiger partial charge is 0.450 e. The van der Waals surface area contributed by atoms with Crippen LogP contribution >= 0.6 is 0 Å². The molecule has 4 N–H and O–H groups in total. The molecule has 0 fully saturated rings. The van der Waals surface area contributed by atoms with E-state index >= 15 is 0 Å². The Kier molecular flexibility index (Phi) is 6.82. The van der Waals surface area contributed by atoms with Gasteiger partial charge in [0, 0.05) is 0 Å². The van der Waals surface area contributed by atoms with E-state index in [1.807, 2.05) is 0 Å². The first kappa shape index (κ1) is 10.2. The first-order valence-electron chi connectivity index (χ1n) is 3.89. The van der Waals surface area contributed by atoms with Crippen molar-refractivity contribution in [2.45, 2.75) is 25.7 Å². The van der Waals surface area contributed by atoms with E-state index in [0.717, 1.165) is 32.2 Å². The number of primary amides is 1. The molecule has 4 heteroatoms. The van der Waals surface area contributed by atoms with Crippen LogP contribution in [0.5, 0.6) is 0 Å². The third-order valence-corrected chi connectivity index (χ3v) is 1.34. The van der Waals surface area contributed by atoms with E-state index in [1.54, 1.807) is 0 Å². The van der Waals surface area contributed by atoms with Crippen molar-refractivity contribution < 1.29 is 9.53 Å². The van der Waals surface area contributed by atoms with Crippen LogP contribution in [-0.2, 0) is 4.74 Å². The van der Waals surface area contributed by atoms with Crippen LogP contribution in [0.2, 0.25) is 0 Å². The third kappa shape index (κ3) is 9.23. The lowest BCUT2D eigenvalue weighted by atomic mass is 10.2. The zero-order valence-corrected chi connectivity index (χ0v) is 6.71. The van der Waals surface area contributed by atoms with Crippen molar-refractivity contribution in [2.24, 2.45) is 11.5 Å². The number of carbonyl (C=O) groups is 1. The second kappa shape index (κ2) is 7.34. The molecule has 0 rings (SSSR count). The van der Waals surface area contributed by atoms with E-state index < -0.39 is 6.09 Å². The second-order valence-corrected chi connectivity index (χ2v) is 2.37. The van der Waals surface area contributed by atoms with Gasteiger partial charge < -0.3 is 16.2 Å². The molecule has 0 aliphatic rings. The van der Waals surface area contributed by atoms with Gasteiger partial charge in [0.15, 0.2) is 0 Å². The Labute approximate surface area is 66.9 Å². The molecule has 0 aromatic heterocycles. The van der Waals surface area contributed by atoms with Crippen LogP contribution in [0, 0.1) is 0 Å². The molecule has 0 spiro atoms. The topological polar surface area (TPSA) is 78.3 Å². The zero-order valence-electron chi connectivity index (χ0n) is 6.71. The second-order valence-electron chi connectivity index (χ2n) is 2.37. The number of hydrogen-bond acceptors (Lipinski definition) is 3. The van der Waals surface area contributed by atoms with Crippen molar-refractivity contribution >= 4 is 6.09 Å². The van der Waals surface area contributed by atoms with Crippen LogP contribution < -0.4 is 11.5 Å². The maximum absolute atomic E-state index is 10.1. The smallest absolute Gasteiger partial charge is 0.404 e. The van der Waals surface area contributed by atoms with E-state index in [0.29, 0.717) is 6.61 Å². The normalized spacial score (nSPS) is 9.55. The quantitative estimate of drug-likeness (QED) is 0.558. The minimum absolute atomic E-state index is 0.430. The van der Waals surface area contributed by atoms with Crippen LogP contribution in [0.25, 0.3) is 0 Å². The highest BCUT2D eigenvalue weighted by Crippen LogP contribution is 1.98. The fourth-order valence-electron chi connectivity index (χ4n) is 0.773. The molecule has 0 aliphatic carbocycles. The summed E-state index contributed by atoms with van der Waals surface area (Å²) in [5, 5.41) is 0. The van der Waals surface area contributed by atoms with Crippen molar-refractivity contribution in [1.29, 1.82) is 0 Å². The molecule has 66 valence electrons. The summed E-state index contributed by atoms with van der Waals surface area (Å²) in [7, 11) is 0. The Morgan fingerprint density at radius 1 is 1.18 bits per heavy atom. The fraction of sp³-hybridized carbons (Fsp3) is 0.857. The number of carbonyl (C=O) groups excluding carboxylic acids is 1. The first-order valence-corrected chi connectivity index (χ1v) is 3.89. The van der Waals surface area contributed by atoms with Gasteiger partial charge in [-0.05, 0) is 19.4 Å². The Bertz CT molecular complexity index is 107. The van der Waals surface area contributed by atoms with Crippen molar-refractivity contribution in [1.82, 2.24) is 0 Å². The van der Waals surface area contributed by atoms with Crippen LogP contribution in [0.15, 0.2) is 0 Å². The summed E-state index contributed by atoms with van der Waals surface area (Å²) in [5.74, 6) is 0. The number of nitrogens with two attached hydrogens (primary N) is 2. The highest BCUT2D eigenvalue weighted by molar-refractivity contribution is 5.64. The monoisotopic (exact) mass is 160 g/mol. The lowest BCUT2D eigenvalue weighted by molar-refractivity contribution is 0.154. The Hall–Kier alpha value is -0.770. The van der Waals surface area contributed by atoms with Gasteiger partial charge in [-0.25, -0.2) is 4.79 Å². The van der Waals surface area contributed by atoms with Gasteiger partial charge >= 0.3 is 6.09 Å². The standard InChI is InChI=1S/C7H16N2O2/c8-5-3-1-2-4-6-11-7(9)10/h1-6,8H2,(H2,9,10). The van der Waals surface area contributed by atoms with Crippen LogP contribution in [0.3, 0.4) is 0 Å². The van der Waals surface area contributed by atoms with Crippen molar-refractivity contribution in [3.63, 3.8) is 0 Å². The van der Waals surface area contributed by atoms with Gasteiger partial charge in [-0.15, -0.1) is 0 Å². The SMILES string of the molecule is NCCCCCCOC(N)=O. The Morgan fingerprint density at radius 2 is 1.82 bits per heavy atom. The average Bonchev–Trinajstić information content (AvgIpc) is 1.96. The van der Waals surface area contributed by atoms with Gasteiger partial charge in [0.05, 0.1) is 6.61 Å². The molecule has 0 heterocycles. The van der Waals surface area contributed by atoms with Gasteiger partial charge in [0.25, 0.3) is 0 Å². The highest BCUT2D eigenvalue weighted by atomic mass is 16.5. The van der Waals surface area contributed by atoms with E-state index in [4.69, 9.17) is 11.5 Å². The molecule has 11 heavy (non-hydrogen) atoms. The molecule has 0 bridgehead atoms. The van der Waals surface area contributed by atoms with Gasteiger partial charge in [0.2, 0.25) is 0 Å². The summed E-state index contributed by atoms with van der Waals surface area (Å²) in [6.07, 6.45) is 3.37. The summed E-state index contributed by atoms with van der Waals surface area (Å²) < 4.78 is 4.53.